The number of rotatable bonds is 4. The topological polar surface area (TPSA) is 105 Å². The molecule has 0 aliphatic rings. The minimum absolute atomic E-state index is 0.149. The number of carbonyl (C=O) groups excluding carboxylic acids is 1. The standard InChI is InChI=1S/C11H10BrN5O3/c1-16(5-9-13-6-14-15-9)11(18)7-3-2-4-8(10(7)12)17(19)20/h2-4,6H,5H2,1H3,(H,13,14,15). The molecule has 1 N–H and O–H groups in total. The van der Waals surface area contributed by atoms with Crippen molar-refractivity contribution in [3.8, 4) is 0 Å². The molecule has 0 aliphatic heterocycles. The predicted octanol–water partition coefficient (Wildman–Crippen LogP) is 1.75. The van der Waals surface area contributed by atoms with Gasteiger partial charge in [0.2, 0.25) is 0 Å². The molecule has 0 radical (unpaired) electrons. The highest BCUT2D eigenvalue weighted by Crippen LogP contribution is 2.29. The molecule has 0 saturated heterocycles. The van der Waals surface area contributed by atoms with Gasteiger partial charge in [-0.15, -0.1) is 0 Å². The summed E-state index contributed by atoms with van der Waals surface area (Å²) in [5.41, 5.74) is 0.0742. The van der Waals surface area contributed by atoms with Crippen LogP contribution in [0, 0.1) is 10.1 Å². The summed E-state index contributed by atoms with van der Waals surface area (Å²) in [6.07, 6.45) is 1.34. The summed E-state index contributed by atoms with van der Waals surface area (Å²) in [6.45, 7) is 0.230. The van der Waals surface area contributed by atoms with E-state index in [1.807, 2.05) is 0 Å². The Morgan fingerprint density at radius 3 is 2.90 bits per heavy atom. The molecule has 0 aliphatic carbocycles. The van der Waals surface area contributed by atoms with E-state index < -0.39 is 4.92 Å². The lowest BCUT2D eigenvalue weighted by atomic mass is 10.2. The number of aromatic nitrogens is 3. The van der Waals surface area contributed by atoms with E-state index in [1.165, 1.54) is 29.4 Å². The van der Waals surface area contributed by atoms with Gasteiger partial charge in [-0.1, -0.05) is 6.07 Å². The van der Waals surface area contributed by atoms with Crippen LogP contribution in [0.3, 0.4) is 0 Å². The Kier molecular flexibility index (Phi) is 4.08. The minimum atomic E-state index is -0.544. The highest BCUT2D eigenvalue weighted by molar-refractivity contribution is 9.10. The maximum Gasteiger partial charge on any atom is 0.284 e. The van der Waals surface area contributed by atoms with Gasteiger partial charge < -0.3 is 4.90 Å². The van der Waals surface area contributed by atoms with Crippen molar-refractivity contribution in [2.45, 2.75) is 6.54 Å². The van der Waals surface area contributed by atoms with E-state index in [4.69, 9.17) is 0 Å². The lowest BCUT2D eigenvalue weighted by molar-refractivity contribution is -0.385. The molecule has 20 heavy (non-hydrogen) atoms. The molecule has 2 aromatic rings. The Morgan fingerprint density at radius 1 is 1.55 bits per heavy atom. The minimum Gasteiger partial charge on any atom is -0.334 e. The average molecular weight is 340 g/mol. The van der Waals surface area contributed by atoms with Gasteiger partial charge in [0.15, 0.2) is 0 Å². The second-order valence-corrected chi connectivity index (χ2v) is 4.78. The van der Waals surface area contributed by atoms with Crippen LogP contribution in [-0.2, 0) is 6.54 Å². The monoisotopic (exact) mass is 339 g/mol. The van der Waals surface area contributed by atoms with Crippen LogP contribution in [0.15, 0.2) is 29.0 Å². The first-order valence-electron chi connectivity index (χ1n) is 5.53. The summed E-state index contributed by atoms with van der Waals surface area (Å²) in [4.78, 5) is 27.9. The molecule has 2 rings (SSSR count). The van der Waals surface area contributed by atoms with Crippen LogP contribution < -0.4 is 0 Å². The van der Waals surface area contributed by atoms with Crippen LogP contribution >= 0.6 is 15.9 Å². The van der Waals surface area contributed by atoms with Crippen molar-refractivity contribution in [2.24, 2.45) is 0 Å². The zero-order valence-corrected chi connectivity index (χ0v) is 12.0. The van der Waals surface area contributed by atoms with Gasteiger partial charge >= 0.3 is 0 Å². The number of halogens is 1. The molecule has 1 amide bonds. The fraction of sp³-hybridized carbons (Fsp3) is 0.182. The van der Waals surface area contributed by atoms with E-state index in [-0.39, 0.29) is 28.2 Å². The Labute approximate surface area is 122 Å². The highest BCUT2D eigenvalue weighted by Gasteiger charge is 2.22. The molecule has 0 fully saturated rings. The predicted molar refractivity (Wildman–Crippen MR) is 73.0 cm³/mol. The first-order valence-corrected chi connectivity index (χ1v) is 6.32. The van der Waals surface area contributed by atoms with Gasteiger partial charge in [0.05, 0.1) is 17.0 Å². The number of nitro groups is 1. The van der Waals surface area contributed by atoms with Gasteiger partial charge in [0.1, 0.15) is 16.6 Å². The molecule has 0 saturated carbocycles. The zero-order chi connectivity index (χ0) is 14.7. The van der Waals surface area contributed by atoms with Crippen molar-refractivity contribution < 1.29 is 9.72 Å². The SMILES string of the molecule is CN(Cc1ncn[nH]1)C(=O)c1cccc([N+](=O)[O-])c1Br. The van der Waals surface area contributed by atoms with Gasteiger partial charge in [0, 0.05) is 13.1 Å². The van der Waals surface area contributed by atoms with Crippen molar-refractivity contribution in [3.05, 3.63) is 50.5 Å². The number of hydrogen-bond acceptors (Lipinski definition) is 5. The summed E-state index contributed by atoms with van der Waals surface area (Å²) in [7, 11) is 1.58. The highest BCUT2D eigenvalue weighted by atomic mass is 79.9. The van der Waals surface area contributed by atoms with Crippen molar-refractivity contribution in [2.75, 3.05) is 7.05 Å². The van der Waals surface area contributed by atoms with Crippen LogP contribution in [0.5, 0.6) is 0 Å². The normalized spacial score (nSPS) is 10.3. The fourth-order valence-electron chi connectivity index (χ4n) is 1.64. The maximum absolute atomic E-state index is 12.3. The molecule has 8 nitrogen and oxygen atoms in total. The summed E-state index contributed by atoms with van der Waals surface area (Å²) in [5.74, 6) is 0.180. The molecule has 0 unspecified atom stereocenters. The Bertz CT molecular complexity index is 644. The number of nitrogens with one attached hydrogen (secondary N) is 1. The van der Waals surface area contributed by atoms with E-state index in [9.17, 15) is 14.9 Å². The van der Waals surface area contributed by atoms with Gasteiger partial charge in [-0.3, -0.25) is 20.0 Å². The van der Waals surface area contributed by atoms with Gasteiger partial charge in [-0.2, -0.15) is 5.10 Å². The Hall–Kier alpha value is -2.29. The molecule has 1 aromatic carbocycles. The summed E-state index contributed by atoms with van der Waals surface area (Å²) >= 11 is 3.10. The fourth-order valence-corrected chi connectivity index (χ4v) is 2.21. The Morgan fingerprint density at radius 2 is 2.30 bits per heavy atom. The molecule has 104 valence electrons. The number of nitro benzene ring substituents is 1. The van der Waals surface area contributed by atoms with Crippen molar-refractivity contribution >= 4 is 27.5 Å². The van der Waals surface area contributed by atoms with Crippen LogP contribution in [0.4, 0.5) is 5.69 Å². The number of H-pyrrole nitrogens is 1. The first-order chi connectivity index (χ1) is 9.50. The van der Waals surface area contributed by atoms with E-state index in [0.717, 1.165) is 0 Å². The number of hydrogen-bond donors (Lipinski definition) is 1. The number of nitrogens with zero attached hydrogens (tertiary/aromatic N) is 4. The van der Waals surface area contributed by atoms with E-state index in [2.05, 4.69) is 31.1 Å². The number of amides is 1. The number of benzene rings is 1. The largest absolute Gasteiger partial charge is 0.334 e. The Balaban J connectivity index is 2.25. The zero-order valence-electron chi connectivity index (χ0n) is 10.4. The van der Waals surface area contributed by atoms with Crippen molar-refractivity contribution in [1.82, 2.24) is 20.1 Å². The van der Waals surface area contributed by atoms with E-state index in [1.54, 1.807) is 7.05 Å². The third kappa shape index (κ3) is 2.82. The summed E-state index contributed by atoms with van der Waals surface area (Å²) in [5, 5.41) is 17.2. The first kappa shape index (κ1) is 14.1. The van der Waals surface area contributed by atoms with Crippen LogP contribution in [-0.4, -0.2) is 38.0 Å². The van der Waals surface area contributed by atoms with E-state index >= 15 is 0 Å². The molecular weight excluding hydrogens is 330 g/mol. The quantitative estimate of drug-likeness (QED) is 0.674. The smallest absolute Gasteiger partial charge is 0.284 e. The molecule has 0 atom stereocenters. The van der Waals surface area contributed by atoms with Crippen LogP contribution in [0.2, 0.25) is 0 Å². The third-order valence-corrected chi connectivity index (χ3v) is 3.44. The van der Waals surface area contributed by atoms with Crippen LogP contribution in [0.25, 0.3) is 0 Å². The van der Waals surface area contributed by atoms with Crippen molar-refractivity contribution in [3.63, 3.8) is 0 Å². The van der Waals surface area contributed by atoms with Gasteiger partial charge in [-0.05, 0) is 22.0 Å². The summed E-state index contributed by atoms with van der Waals surface area (Å²) in [6, 6.07) is 4.33. The lowest BCUT2D eigenvalue weighted by Crippen LogP contribution is -2.27. The average Bonchev–Trinajstić information content (AvgIpc) is 2.90. The molecule has 0 bridgehead atoms. The number of carbonyl (C=O) groups is 1. The van der Waals surface area contributed by atoms with E-state index in [0.29, 0.717) is 5.82 Å². The van der Waals surface area contributed by atoms with Crippen molar-refractivity contribution in [1.29, 1.82) is 0 Å². The molecular formula is C11H10BrN5O3. The van der Waals surface area contributed by atoms with Crippen LogP contribution in [0.1, 0.15) is 16.2 Å². The molecule has 1 aromatic heterocycles. The number of aromatic amines is 1. The second-order valence-electron chi connectivity index (χ2n) is 3.99. The summed E-state index contributed by atoms with van der Waals surface area (Å²) < 4.78 is 0.166. The second kappa shape index (κ2) is 5.78. The molecule has 1 heterocycles. The van der Waals surface area contributed by atoms with Gasteiger partial charge in [0.25, 0.3) is 11.6 Å². The third-order valence-electron chi connectivity index (χ3n) is 2.60. The maximum atomic E-state index is 12.3. The van der Waals surface area contributed by atoms with Gasteiger partial charge in [-0.25, -0.2) is 4.98 Å². The molecule has 0 spiro atoms. The lowest BCUT2D eigenvalue weighted by Gasteiger charge is -2.16. The molecule has 9 heteroatoms.